The van der Waals surface area contributed by atoms with Gasteiger partial charge in [-0.2, -0.15) is 13.9 Å². The number of rotatable bonds is 3. The van der Waals surface area contributed by atoms with Crippen LogP contribution in [0.5, 0.6) is 0 Å². The Hall–Kier alpha value is -1.17. The molecule has 0 unspecified atom stereocenters. The summed E-state index contributed by atoms with van der Waals surface area (Å²) in [6, 6.07) is 1.49. The van der Waals surface area contributed by atoms with Gasteiger partial charge >= 0.3 is 6.61 Å². The van der Waals surface area contributed by atoms with Gasteiger partial charge in [0.05, 0.1) is 12.3 Å². The van der Waals surface area contributed by atoms with Crippen LogP contribution in [0, 0.1) is 0 Å². The highest BCUT2D eigenvalue weighted by Crippen LogP contribution is 2.07. The number of nitrogens with two attached hydrogens (primary N) is 1. The van der Waals surface area contributed by atoms with E-state index in [1.165, 1.54) is 10.7 Å². The first kappa shape index (κ1) is 8.92. The van der Waals surface area contributed by atoms with E-state index in [1.807, 2.05) is 0 Å². The maximum absolute atomic E-state index is 11.5. The zero-order chi connectivity index (χ0) is 9.14. The van der Waals surface area contributed by atoms with E-state index < -0.39 is 6.61 Å². The number of ether oxygens (including phenoxy) is 1. The second kappa shape index (κ2) is 3.48. The van der Waals surface area contributed by atoms with E-state index in [4.69, 9.17) is 5.73 Å². The van der Waals surface area contributed by atoms with Gasteiger partial charge in [-0.05, 0) is 0 Å². The number of nitrogens with zero attached hydrogens (tertiary/aromatic N) is 2. The molecule has 0 bridgehead atoms. The summed E-state index contributed by atoms with van der Waals surface area (Å²) < 4.78 is 28.5. The molecule has 0 aromatic carbocycles. The molecule has 0 saturated heterocycles. The Kier molecular flexibility index (Phi) is 2.59. The second-order valence-electron chi connectivity index (χ2n) is 2.26. The van der Waals surface area contributed by atoms with E-state index in [0.29, 0.717) is 11.5 Å². The van der Waals surface area contributed by atoms with Crippen molar-refractivity contribution in [1.29, 1.82) is 0 Å². The fourth-order valence-electron chi connectivity index (χ4n) is 0.762. The van der Waals surface area contributed by atoms with E-state index >= 15 is 0 Å². The Bertz CT molecular complexity index is 242. The number of hydrogen-bond donors (Lipinski definition) is 1. The Balaban J connectivity index is 2.53. The van der Waals surface area contributed by atoms with Crippen LogP contribution in [0.15, 0.2) is 6.07 Å². The van der Waals surface area contributed by atoms with Gasteiger partial charge in [-0.15, -0.1) is 0 Å². The van der Waals surface area contributed by atoms with Crippen LogP contribution >= 0.6 is 0 Å². The maximum Gasteiger partial charge on any atom is 0.345 e. The molecule has 0 atom stereocenters. The van der Waals surface area contributed by atoms with E-state index in [0.717, 1.165) is 0 Å². The average molecular weight is 177 g/mol. The molecule has 0 spiro atoms. The van der Waals surface area contributed by atoms with Crippen molar-refractivity contribution in [3.63, 3.8) is 0 Å². The first-order valence-corrected chi connectivity index (χ1v) is 3.27. The van der Waals surface area contributed by atoms with Crippen LogP contribution in [0.4, 0.5) is 14.6 Å². The van der Waals surface area contributed by atoms with Crippen LogP contribution in [0.25, 0.3) is 0 Å². The third kappa shape index (κ3) is 2.16. The van der Waals surface area contributed by atoms with Crippen LogP contribution in [0.1, 0.15) is 5.69 Å². The zero-order valence-corrected chi connectivity index (χ0v) is 6.50. The van der Waals surface area contributed by atoms with Gasteiger partial charge in [-0.25, -0.2) is 0 Å². The summed E-state index contributed by atoms with van der Waals surface area (Å²) in [6.45, 7) is -2.99. The lowest BCUT2D eigenvalue weighted by Gasteiger charge is -1.97. The minimum Gasteiger partial charge on any atom is -0.384 e. The number of alkyl halides is 2. The highest BCUT2D eigenvalue weighted by molar-refractivity contribution is 5.29. The molecule has 0 aliphatic carbocycles. The Morgan fingerprint density at radius 1 is 1.75 bits per heavy atom. The first-order chi connectivity index (χ1) is 5.59. The summed E-state index contributed by atoms with van der Waals surface area (Å²) >= 11 is 0. The zero-order valence-electron chi connectivity index (χ0n) is 6.50. The van der Waals surface area contributed by atoms with Crippen LogP contribution in [-0.2, 0) is 18.4 Å². The van der Waals surface area contributed by atoms with Gasteiger partial charge in [-0.3, -0.25) is 4.68 Å². The molecule has 0 amide bonds. The Morgan fingerprint density at radius 2 is 2.42 bits per heavy atom. The molecule has 0 fully saturated rings. The van der Waals surface area contributed by atoms with Crippen LogP contribution in [0.2, 0.25) is 0 Å². The van der Waals surface area contributed by atoms with Crippen molar-refractivity contribution >= 4 is 5.82 Å². The number of aromatic nitrogens is 2. The van der Waals surface area contributed by atoms with Gasteiger partial charge in [0.25, 0.3) is 0 Å². The van der Waals surface area contributed by atoms with Crippen molar-refractivity contribution in [2.75, 3.05) is 5.73 Å². The Morgan fingerprint density at radius 3 is 2.83 bits per heavy atom. The van der Waals surface area contributed by atoms with E-state index in [9.17, 15) is 8.78 Å². The van der Waals surface area contributed by atoms with Gasteiger partial charge in [0.2, 0.25) is 0 Å². The second-order valence-corrected chi connectivity index (χ2v) is 2.26. The highest BCUT2D eigenvalue weighted by Gasteiger charge is 2.05. The molecule has 6 heteroatoms. The molecule has 2 N–H and O–H groups in total. The molecule has 68 valence electrons. The summed E-state index contributed by atoms with van der Waals surface area (Å²) in [6.07, 6.45) is 0. The van der Waals surface area contributed by atoms with Gasteiger partial charge in [0.15, 0.2) is 0 Å². The van der Waals surface area contributed by atoms with Crippen molar-refractivity contribution in [3.8, 4) is 0 Å². The maximum atomic E-state index is 11.5. The SMILES string of the molecule is Cn1nc(COC(F)F)cc1N. The van der Waals surface area contributed by atoms with E-state index in [-0.39, 0.29) is 6.61 Å². The minimum absolute atomic E-state index is 0.220. The van der Waals surface area contributed by atoms with Gasteiger partial charge < -0.3 is 10.5 Å². The number of hydrogen-bond acceptors (Lipinski definition) is 3. The van der Waals surface area contributed by atoms with Crippen molar-refractivity contribution in [3.05, 3.63) is 11.8 Å². The molecule has 4 nitrogen and oxygen atoms in total. The number of anilines is 1. The van der Waals surface area contributed by atoms with Crippen molar-refractivity contribution in [2.24, 2.45) is 7.05 Å². The van der Waals surface area contributed by atoms with E-state index in [2.05, 4.69) is 9.84 Å². The molecule has 0 aliphatic rings. The normalized spacial score (nSPS) is 11.0. The standard InChI is InChI=1S/C6H9F2N3O/c1-11-5(9)2-4(10-11)3-12-6(7)8/h2,6H,3,9H2,1H3. The third-order valence-electron chi connectivity index (χ3n) is 1.32. The fraction of sp³-hybridized carbons (Fsp3) is 0.500. The molecule has 1 aromatic rings. The molecule has 1 aromatic heterocycles. The third-order valence-corrected chi connectivity index (χ3v) is 1.32. The molecule has 1 rings (SSSR count). The first-order valence-electron chi connectivity index (χ1n) is 3.27. The highest BCUT2D eigenvalue weighted by atomic mass is 19.3. The summed E-state index contributed by atoms with van der Waals surface area (Å²) in [5, 5.41) is 3.82. The molecular formula is C6H9F2N3O. The van der Waals surface area contributed by atoms with Crippen molar-refractivity contribution in [1.82, 2.24) is 9.78 Å². The quantitative estimate of drug-likeness (QED) is 0.740. The van der Waals surface area contributed by atoms with E-state index in [1.54, 1.807) is 7.05 Å². The molecular weight excluding hydrogens is 168 g/mol. The van der Waals surface area contributed by atoms with Crippen LogP contribution in [0.3, 0.4) is 0 Å². The predicted molar refractivity (Wildman–Crippen MR) is 38.4 cm³/mol. The largest absolute Gasteiger partial charge is 0.384 e. The Labute approximate surface area is 67.9 Å². The molecule has 1 heterocycles. The average Bonchev–Trinajstić information content (AvgIpc) is 2.28. The summed E-state index contributed by atoms with van der Waals surface area (Å²) in [5.74, 6) is 0.419. The fourth-order valence-corrected chi connectivity index (χ4v) is 0.762. The number of halogens is 2. The topological polar surface area (TPSA) is 53.1 Å². The smallest absolute Gasteiger partial charge is 0.345 e. The lowest BCUT2D eigenvalue weighted by molar-refractivity contribution is -0.138. The van der Waals surface area contributed by atoms with Crippen LogP contribution in [-0.4, -0.2) is 16.4 Å². The van der Waals surface area contributed by atoms with Crippen molar-refractivity contribution < 1.29 is 13.5 Å². The van der Waals surface area contributed by atoms with Crippen molar-refractivity contribution in [2.45, 2.75) is 13.2 Å². The monoisotopic (exact) mass is 177 g/mol. The predicted octanol–water partition coefficient (Wildman–Crippen LogP) is 0.742. The molecule has 0 aliphatic heterocycles. The summed E-state index contributed by atoms with van der Waals surface area (Å²) in [7, 11) is 1.63. The van der Waals surface area contributed by atoms with Gasteiger partial charge in [0.1, 0.15) is 5.82 Å². The lowest BCUT2D eigenvalue weighted by atomic mass is 10.4. The lowest BCUT2D eigenvalue weighted by Crippen LogP contribution is -2.00. The molecule has 0 saturated carbocycles. The van der Waals surface area contributed by atoms with Gasteiger partial charge in [-0.1, -0.05) is 0 Å². The molecule has 12 heavy (non-hydrogen) atoms. The van der Waals surface area contributed by atoms with Gasteiger partial charge in [0, 0.05) is 13.1 Å². The number of aryl methyl sites for hydroxylation is 1. The number of nitrogen functional groups attached to an aromatic ring is 1. The molecule has 0 radical (unpaired) electrons. The summed E-state index contributed by atoms with van der Waals surface area (Å²) in [5.41, 5.74) is 5.80. The van der Waals surface area contributed by atoms with Crippen LogP contribution < -0.4 is 5.73 Å². The minimum atomic E-state index is -2.77. The summed E-state index contributed by atoms with van der Waals surface area (Å²) in [4.78, 5) is 0.